The van der Waals surface area contributed by atoms with Crippen LogP contribution in [-0.2, 0) is 51.0 Å². The summed E-state index contributed by atoms with van der Waals surface area (Å²) in [5, 5.41) is -5.14. The highest BCUT2D eigenvalue weighted by Crippen LogP contribution is 2.55. The van der Waals surface area contributed by atoms with Crippen LogP contribution in [0.15, 0.2) is 211 Å². The van der Waals surface area contributed by atoms with Crippen LogP contribution in [-0.4, -0.2) is 42.4 Å². The fraction of sp³-hybridized carbons (Fsp3) is 0.174. The molecule has 5 atom stereocenters. The van der Waals surface area contributed by atoms with E-state index in [1.807, 2.05) is 0 Å². The summed E-state index contributed by atoms with van der Waals surface area (Å²) in [7, 11) is -6.18. The standard InChI is InChI=1S/2C18H15S.C10H10F2O7S.H/c2*1-4-10-16(11-5-1)19(17-12-6-2-7-13-17)18-14-8-3-9-15-18;11-10(12,20(15,16)17)9(14)19-6-3-1-4-5(2-3)8(13)18-7(4)6;/h2*1-15H;3-7H,1-2H2,(H,15,16,17);/q2*+1;;-1/p-1. The predicted octanol–water partition coefficient (Wildman–Crippen LogP) is 9.29. The van der Waals surface area contributed by atoms with Crippen molar-refractivity contribution in [2.45, 2.75) is 59.7 Å². The van der Waals surface area contributed by atoms with Gasteiger partial charge in [0, 0.05) is 11.8 Å². The molecule has 0 spiro atoms. The molecular weight excluding hydrogens is 799 g/mol. The number of alkyl halides is 2. The molecule has 298 valence electrons. The first-order valence-corrected chi connectivity index (χ1v) is 22.4. The van der Waals surface area contributed by atoms with Gasteiger partial charge in [-0.3, -0.25) is 4.79 Å². The molecule has 12 heteroatoms. The van der Waals surface area contributed by atoms with Gasteiger partial charge in [0.15, 0.2) is 39.5 Å². The van der Waals surface area contributed by atoms with Gasteiger partial charge >= 0.3 is 17.2 Å². The molecule has 6 aromatic carbocycles. The zero-order valence-corrected chi connectivity index (χ0v) is 33.4. The van der Waals surface area contributed by atoms with E-state index in [0.29, 0.717) is 12.8 Å². The normalized spacial score (nSPS) is 20.4. The molecule has 9 rings (SSSR count). The highest BCUT2D eigenvalue weighted by molar-refractivity contribution is 7.97. The summed E-state index contributed by atoms with van der Waals surface area (Å²) in [6, 6.07) is 64.3. The number of hydrogen-bond acceptors (Lipinski definition) is 7. The van der Waals surface area contributed by atoms with Crippen LogP contribution in [0.3, 0.4) is 0 Å². The Bertz CT molecular complexity index is 2080. The van der Waals surface area contributed by atoms with Crippen molar-refractivity contribution in [2.24, 2.45) is 17.8 Å². The molecule has 3 aliphatic rings. The molecule has 0 N–H and O–H groups in total. The molecule has 1 aliphatic heterocycles. The molecule has 0 amide bonds. The maximum Gasteiger partial charge on any atom is 0.428 e. The number of esters is 2. The number of ether oxygens (including phenoxy) is 2. The smallest absolute Gasteiger partial charge is 0.428 e. The highest BCUT2D eigenvalue weighted by atomic mass is 32.2. The molecule has 2 aliphatic carbocycles. The third-order valence-electron chi connectivity index (χ3n) is 10.1. The fourth-order valence-corrected chi connectivity index (χ4v) is 12.0. The third kappa shape index (κ3) is 9.05. The largest absolute Gasteiger partial charge is 1.00 e. The second-order valence-electron chi connectivity index (χ2n) is 13.7. The second kappa shape index (κ2) is 18.1. The van der Waals surface area contributed by atoms with Crippen LogP contribution >= 0.6 is 0 Å². The van der Waals surface area contributed by atoms with Crippen LogP contribution in [0.5, 0.6) is 0 Å². The summed E-state index contributed by atoms with van der Waals surface area (Å²) >= 11 is 0. The van der Waals surface area contributed by atoms with Gasteiger partial charge in [-0.25, -0.2) is 13.2 Å². The van der Waals surface area contributed by atoms with E-state index in [0.717, 1.165) is 0 Å². The van der Waals surface area contributed by atoms with Crippen LogP contribution in [0.1, 0.15) is 14.3 Å². The van der Waals surface area contributed by atoms with Gasteiger partial charge in [-0.1, -0.05) is 109 Å². The van der Waals surface area contributed by atoms with Crippen LogP contribution in [0.25, 0.3) is 0 Å². The van der Waals surface area contributed by atoms with Crippen molar-refractivity contribution in [1.82, 2.24) is 0 Å². The molecule has 0 radical (unpaired) electrons. The number of rotatable bonds is 9. The van der Waals surface area contributed by atoms with Gasteiger partial charge in [-0.15, -0.1) is 0 Å². The van der Waals surface area contributed by atoms with E-state index in [1.54, 1.807) is 0 Å². The van der Waals surface area contributed by atoms with Gasteiger partial charge in [-0.05, 0) is 85.6 Å². The number of carbonyl (C=O) groups excluding carboxylic acids is 2. The minimum Gasteiger partial charge on any atom is -1.00 e. The van der Waals surface area contributed by atoms with E-state index in [1.165, 1.54) is 29.4 Å². The summed E-state index contributed by atoms with van der Waals surface area (Å²) in [5.74, 6) is -3.68. The van der Waals surface area contributed by atoms with Crippen molar-refractivity contribution in [3.8, 4) is 0 Å². The van der Waals surface area contributed by atoms with Gasteiger partial charge in [0.05, 0.1) is 27.7 Å². The lowest BCUT2D eigenvalue weighted by Gasteiger charge is -2.27. The Morgan fingerprint density at radius 3 is 1.21 bits per heavy atom. The molecule has 3 fully saturated rings. The summed E-state index contributed by atoms with van der Waals surface area (Å²) in [6.07, 6.45) is -1.08. The maximum absolute atomic E-state index is 13.1. The number of carbonyl (C=O) groups is 2. The Balaban J connectivity index is 0.000000148. The van der Waals surface area contributed by atoms with Gasteiger partial charge in [0.1, 0.15) is 12.2 Å². The summed E-state index contributed by atoms with van der Waals surface area (Å²) in [6.45, 7) is 0. The lowest BCUT2D eigenvalue weighted by atomic mass is 9.88. The first kappa shape index (κ1) is 40.9. The average Bonchev–Trinajstić information content (AvgIpc) is 3.89. The molecule has 1 heterocycles. The molecule has 5 unspecified atom stereocenters. The number of fused-ring (bicyclic) bond motifs is 1. The minimum atomic E-state index is -6.15. The second-order valence-corrected chi connectivity index (χ2v) is 19.2. The van der Waals surface area contributed by atoms with Gasteiger partial charge in [0.25, 0.3) is 0 Å². The molecule has 6 aromatic rings. The van der Waals surface area contributed by atoms with E-state index in [-0.39, 0.29) is 41.0 Å². The first-order chi connectivity index (χ1) is 28.0. The van der Waals surface area contributed by atoms with Crippen molar-refractivity contribution < 1.29 is 42.2 Å². The van der Waals surface area contributed by atoms with E-state index < -0.39 is 39.5 Å². The molecule has 2 saturated carbocycles. The molecule has 7 nitrogen and oxygen atoms in total. The molecule has 0 aromatic heterocycles. The van der Waals surface area contributed by atoms with Crippen molar-refractivity contribution in [1.29, 1.82) is 0 Å². The van der Waals surface area contributed by atoms with Crippen molar-refractivity contribution in [3.05, 3.63) is 182 Å². The molecule has 1 saturated heterocycles. The third-order valence-corrected chi connectivity index (χ3v) is 15.3. The predicted molar refractivity (Wildman–Crippen MR) is 218 cm³/mol. The summed E-state index contributed by atoms with van der Waals surface area (Å²) in [5.41, 5.74) is 0. The monoisotopic (exact) mass is 838 g/mol. The Labute approximate surface area is 344 Å². The zero-order chi connectivity index (χ0) is 40.7. The van der Waals surface area contributed by atoms with Gasteiger partial charge in [-0.2, -0.15) is 8.78 Å². The number of halogens is 2. The SMILES string of the molecule is O=C1OC2C3CC(CC13)C2OC(=O)C(F)(F)S(=O)(=O)[O-].[H-].c1ccc([S+](c2ccccc2)c2ccccc2)cc1.c1ccc([S+](c2ccccc2)c2ccccc2)cc1. The zero-order valence-electron chi connectivity index (χ0n) is 32.0. The average molecular weight is 839 g/mol. The lowest BCUT2D eigenvalue weighted by molar-refractivity contribution is -0.176. The highest BCUT2D eigenvalue weighted by Gasteiger charge is 2.64. The molecule has 58 heavy (non-hydrogen) atoms. The Kier molecular flexibility index (Phi) is 12.8. The topological polar surface area (TPSA) is 110 Å². The van der Waals surface area contributed by atoms with Crippen LogP contribution < -0.4 is 0 Å². The number of hydrogen-bond donors (Lipinski definition) is 0. The van der Waals surface area contributed by atoms with E-state index in [9.17, 15) is 31.3 Å². The lowest BCUT2D eigenvalue weighted by Crippen LogP contribution is -2.44. The minimum absolute atomic E-state index is 0. The van der Waals surface area contributed by atoms with Gasteiger partial charge in [0.2, 0.25) is 0 Å². The maximum atomic E-state index is 13.1. The fourth-order valence-electron chi connectivity index (χ4n) is 7.51. The Hall–Kier alpha value is -5.27. The van der Waals surface area contributed by atoms with Crippen molar-refractivity contribution in [3.63, 3.8) is 0 Å². The Morgan fingerprint density at radius 1 is 0.603 bits per heavy atom. The van der Waals surface area contributed by atoms with E-state index in [4.69, 9.17) is 4.74 Å². The van der Waals surface area contributed by atoms with E-state index in [2.05, 4.69) is 187 Å². The Morgan fingerprint density at radius 2 is 0.914 bits per heavy atom. The van der Waals surface area contributed by atoms with Crippen molar-refractivity contribution in [2.75, 3.05) is 0 Å². The van der Waals surface area contributed by atoms with E-state index >= 15 is 0 Å². The van der Waals surface area contributed by atoms with Crippen LogP contribution in [0.4, 0.5) is 8.78 Å². The molecule has 2 bridgehead atoms. The van der Waals surface area contributed by atoms with Crippen LogP contribution in [0, 0.1) is 17.8 Å². The van der Waals surface area contributed by atoms with Crippen molar-refractivity contribution >= 4 is 43.8 Å². The van der Waals surface area contributed by atoms with Gasteiger partial charge < -0.3 is 15.5 Å². The van der Waals surface area contributed by atoms with Crippen LogP contribution in [0.2, 0.25) is 0 Å². The summed E-state index contributed by atoms with van der Waals surface area (Å²) in [4.78, 5) is 30.8. The molecular formula is C46H40F2O7S3. The first-order valence-electron chi connectivity index (χ1n) is 18.6. The number of benzene rings is 6. The summed E-state index contributed by atoms with van der Waals surface area (Å²) < 4.78 is 66.6. The quantitative estimate of drug-likeness (QED) is 0.0812.